The van der Waals surface area contributed by atoms with Crippen LogP contribution < -0.4 is 20.7 Å². The first kappa shape index (κ1) is 11.7. The molecule has 6 nitrogen and oxygen atoms in total. The first-order valence-corrected chi connectivity index (χ1v) is 5.21. The molecule has 0 saturated carbocycles. The van der Waals surface area contributed by atoms with Crippen LogP contribution in [0.25, 0.3) is 0 Å². The zero-order valence-corrected chi connectivity index (χ0v) is 9.43. The van der Waals surface area contributed by atoms with Crippen molar-refractivity contribution >= 4 is 5.91 Å². The van der Waals surface area contributed by atoms with Crippen LogP contribution in [-0.4, -0.2) is 18.8 Å². The molecule has 92 valence electrons. The van der Waals surface area contributed by atoms with Gasteiger partial charge in [0.2, 0.25) is 6.79 Å². The molecule has 1 aliphatic rings. The van der Waals surface area contributed by atoms with Crippen LogP contribution in [0.15, 0.2) is 18.2 Å². The third kappa shape index (κ3) is 2.66. The van der Waals surface area contributed by atoms with Gasteiger partial charge in [-0.3, -0.25) is 10.2 Å². The lowest BCUT2D eigenvalue weighted by molar-refractivity contribution is -0.132. The molecule has 0 aromatic heterocycles. The average molecular weight is 238 g/mol. The number of nitrogens with two attached hydrogens (primary N) is 1. The third-order valence-electron chi connectivity index (χ3n) is 2.45. The topological polar surface area (TPSA) is 82.8 Å². The number of rotatable bonds is 4. The number of ether oxygens (including phenoxy) is 3. The van der Waals surface area contributed by atoms with Crippen molar-refractivity contribution in [3.63, 3.8) is 0 Å². The summed E-state index contributed by atoms with van der Waals surface area (Å²) in [5, 5.41) is 0. The van der Waals surface area contributed by atoms with Gasteiger partial charge in [-0.15, -0.1) is 0 Å². The molecule has 1 aliphatic heterocycles. The Morgan fingerprint density at radius 2 is 2.29 bits per heavy atom. The predicted molar refractivity (Wildman–Crippen MR) is 59.1 cm³/mol. The largest absolute Gasteiger partial charge is 0.454 e. The summed E-state index contributed by atoms with van der Waals surface area (Å²) in [6.07, 6.45) is -0.592. The number of fused-ring (bicyclic) bond motifs is 1. The summed E-state index contributed by atoms with van der Waals surface area (Å²) >= 11 is 0. The number of benzene rings is 1. The van der Waals surface area contributed by atoms with E-state index < -0.39 is 6.10 Å². The van der Waals surface area contributed by atoms with Crippen molar-refractivity contribution in [1.82, 2.24) is 5.43 Å². The fourth-order valence-corrected chi connectivity index (χ4v) is 1.44. The Labute approximate surface area is 98.6 Å². The van der Waals surface area contributed by atoms with Gasteiger partial charge in [0.25, 0.3) is 5.91 Å². The van der Waals surface area contributed by atoms with Gasteiger partial charge in [0.05, 0.1) is 6.61 Å². The fraction of sp³-hybridized carbons (Fsp3) is 0.364. The summed E-state index contributed by atoms with van der Waals surface area (Å²) in [6, 6.07) is 5.50. The molecule has 0 radical (unpaired) electrons. The summed E-state index contributed by atoms with van der Waals surface area (Å²) in [4.78, 5) is 11.1. The smallest absolute Gasteiger partial charge is 0.262 e. The van der Waals surface area contributed by atoms with Gasteiger partial charge < -0.3 is 14.2 Å². The minimum absolute atomic E-state index is 0.242. The first-order valence-electron chi connectivity index (χ1n) is 5.21. The molecule has 17 heavy (non-hydrogen) atoms. The van der Waals surface area contributed by atoms with Crippen molar-refractivity contribution in [3.05, 3.63) is 23.8 Å². The van der Waals surface area contributed by atoms with E-state index in [9.17, 15) is 4.79 Å². The second kappa shape index (κ2) is 5.03. The Bertz CT molecular complexity index is 422. The molecule has 6 heteroatoms. The van der Waals surface area contributed by atoms with Crippen LogP contribution in [0.4, 0.5) is 0 Å². The minimum atomic E-state index is -0.592. The Hall–Kier alpha value is -1.79. The van der Waals surface area contributed by atoms with Crippen molar-refractivity contribution < 1.29 is 19.0 Å². The van der Waals surface area contributed by atoms with Gasteiger partial charge in [-0.25, -0.2) is 5.84 Å². The fourth-order valence-electron chi connectivity index (χ4n) is 1.44. The van der Waals surface area contributed by atoms with E-state index in [1.54, 1.807) is 6.92 Å². The van der Waals surface area contributed by atoms with Gasteiger partial charge in [-0.05, 0) is 24.6 Å². The second-order valence-electron chi connectivity index (χ2n) is 3.65. The van der Waals surface area contributed by atoms with Gasteiger partial charge in [0, 0.05) is 0 Å². The zero-order chi connectivity index (χ0) is 12.3. The second-order valence-corrected chi connectivity index (χ2v) is 3.65. The summed E-state index contributed by atoms with van der Waals surface area (Å²) in [7, 11) is 0. The maximum absolute atomic E-state index is 11.1. The van der Waals surface area contributed by atoms with Gasteiger partial charge >= 0.3 is 0 Å². The normalized spacial score (nSPS) is 14.5. The average Bonchev–Trinajstić information content (AvgIpc) is 2.82. The Morgan fingerprint density at radius 3 is 3.06 bits per heavy atom. The van der Waals surface area contributed by atoms with Gasteiger partial charge in [0.15, 0.2) is 11.5 Å². The highest BCUT2D eigenvalue weighted by Crippen LogP contribution is 2.32. The van der Waals surface area contributed by atoms with E-state index in [1.165, 1.54) is 0 Å². The van der Waals surface area contributed by atoms with E-state index in [0.29, 0.717) is 12.4 Å². The quantitative estimate of drug-likeness (QED) is 0.448. The van der Waals surface area contributed by atoms with Crippen LogP contribution in [-0.2, 0) is 16.1 Å². The van der Waals surface area contributed by atoms with Crippen molar-refractivity contribution in [3.8, 4) is 11.5 Å². The molecular weight excluding hydrogens is 224 g/mol. The molecule has 0 saturated heterocycles. The molecule has 1 unspecified atom stereocenters. The van der Waals surface area contributed by atoms with Gasteiger partial charge in [-0.2, -0.15) is 0 Å². The summed E-state index contributed by atoms with van der Waals surface area (Å²) in [5.41, 5.74) is 2.94. The van der Waals surface area contributed by atoms with E-state index in [0.717, 1.165) is 11.3 Å². The van der Waals surface area contributed by atoms with Crippen LogP contribution in [0.5, 0.6) is 11.5 Å². The molecule has 2 rings (SSSR count). The van der Waals surface area contributed by atoms with Gasteiger partial charge in [0.1, 0.15) is 6.10 Å². The van der Waals surface area contributed by atoms with Crippen LogP contribution in [0.2, 0.25) is 0 Å². The molecule has 1 atom stereocenters. The van der Waals surface area contributed by atoms with Crippen molar-refractivity contribution in [2.75, 3.05) is 6.79 Å². The van der Waals surface area contributed by atoms with E-state index >= 15 is 0 Å². The maximum atomic E-state index is 11.1. The highest BCUT2D eigenvalue weighted by Gasteiger charge is 2.15. The Kier molecular flexibility index (Phi) is 3.46. The molecule has 1 heterocycles. The Balaban J connectivity index is 1.93. The summed E-state index contributed by atoms with van der Waals surface area (Å²) < 4.78 is 15.8. The molecule has 1 aromatic rings. The maximum Gasteiger partial charge on any atom is 0.262 e. The number of carbonyl (C=O) groups excluding carboxylic acids is 1. The lowest BCUT2D eigenvalue weighted by atomic mass is 10.2. The number of amides is 1. The Morgan fingerprint density at radius 1 is 1.53 bits per heavy atom. The molecule has 0 bridgehead atoms. The van der Waals surface area contributed by atoms with Crippen LogP contribution >= 0.6 is 0 Å². The summed E-state index contributed by atoms with van der Waals surface area (Å²) in [5.74, 6) is 6.06. The van der Waals surface area contributed by atoms with Crippen molar-refractivity contribution in [2.45, 2.75) is 19.6 Å². The molecule has 0 fully saturated rings. The number of hydrogen-bond donors (Lipinski definition) is 2. The zero-order valence-electron chi connectivity index (χ0n) is 9.43. The minimum Gasteiger partial charge on any atom is -0.454 e. The summed E-state index contributed by atoms with van der Waals surface area (Å²) in [6.45, 7) is 2.19. The number of nitrogens with one attached hydrogen (secondary N) is 1. The van der Waals surface area contributed by atoms with Gasteiger partial charge in [-0.1, -0.05) is 6.07 Å². The lowest BCUT2D eigenvalue weighted by Crippen LogP contribution is -2.38. The first-order chi connectivity index (χ1) is 8.20. The van der Waals surface area contributed by atoms with E-state index in [1.807, 2.05) is 23.6 Å². The van der Waals surface area contributed by atoms with E-state index in [4.69, 9.17) is 20.1 Å². The van der Waals surface area contributed by atoms with Crippen LogP contribution in [0.3, 0.4) is 0 Å². The number of hydrogen-bond acceptors (Lipinski definition) is 5. The van der Waals surface area contributed by atoms with Crippen LogP contribution in [0, 0.1) is 0 Å². The number of hydrazine groups is 1. The SMILES string of the molecule is CC(OCc1ccc2c(c1)OCO2)C(=O)NN. The van der Waals surface area contributed by atoms with Crippen molar-refractivity contribution in [2.24, 2.45) is 5.84 Å². The highest BCUT2D eigenvalue weighted by molar-refractivity contribution is 5.79. The predicted octanol–water partition coefficient (Wildman–Crippen LogP) is 0.310. The molecule has 1 aromatic carbocycles. The molecule has 1 amide bonds. The molecule has 0 spiro atoms. The number of carbonyl (C=O) groups is 1. The monoisotopic (exact) mass is 238 g/mol. The van der Waals surface area contributed by atoms with Crippen molar-refractivity contribution in [1.29, 1.82) is 0 Å². The lowest BCUT2D eigenvalue weighted by Gasteiger charge is -2.11. The molecule has 0 aliphatic carbocycles. The molecular formula is C11H14N2O4. The third-order valence-corrected chi connectivity index (χ3v) is 2.45. The van der Waals surface area contributed by atoms with E-state index in [2.05, 4.69) is 0 Å². The standard InChI is InChI=1S/C11H14N2O4/c1-7(11(14)13-12)15-5-8-2-3-9-10(4-8)17-6-16-9/h2-4,7H,5-6,12H2,1H3,(H,13,14). The van der Waals surface area contributed by atoms with Crippen LogP contribution in [0.1, 0.15) is 12.5 Å². The highest BCUT2D eigenvalue weighted by atomic mass is 16.7. The van der Waals surface area contributed by atoms with E-state index in [-0.39, 0.29) is 12.7 Å². The molecule has 3 N–H and O–H groups in total.